The van der Waals surface area contributed by atoms with Crippen molar-refractivity contribution >= 4 is 10.0 Å². The van der Waals surface area contributed by atoms with E-state index < -0.39 is 10.0 Å². The molecule has 0 unspecified atom stereocenters. The number of rotatable bonds is 9. The van der Waals surface area contributed by atoms with E-state index in [1.54, 1.807) is 31.4 Å². The Morgan fingerprint density at radius 1 is 0.926 bits per heavy atom. The first kappa shape index (κ1) is 21.1. The monoisotopic (exact) mass is 393 g/mol. The van der Waals surface area contributed by atoms with Crippen LogP contribution in [0.1, 0.15) is 25.0 Å². The van der Waals surface area contributed by atoms with Gasteiger partial charge < -0.3 is 14.2 Å². The number of ether oxygens (including phenoxy) is 3. The van der Waals surface area contributed by atoms with E-state index in [0.717, 1.165) is 11.1 Å². The average molecular weight is 394 g/mol. The summed E-state index contributed by atoms with van der Waals surface area (Å²) < 4.78 is 44.0. The molecule has 0 saturated carbocycles. The number of hydrogen-bond acceptors (Lipinski definition) is 5. The number of nitrogens with zero attached hydrogens (tertiary/aromatic N) is 1. The van der Waals surface area contributed by atoms with Crippen LogP contribution in [-0.4, -0.2) is 40.1 Å². The predicted molar refractivity (Wildman–Crippen MR) is 105 cm³/mol. The Labute approximate surface area is 161 Å². The zero-order chi connectivity index (χ0) is 20.0. The standard InChI is InChI=1S/C20H27NO5S/c1-6-21(14-16-9-11-17(26-7-2)19(13-16)25-5)27(22,23)20-12-15(3)8-10-18(20)24-4/h8-13H,6-7,14H2,1-5H3. The molecule has 0 aliphatic carbocycles. The molecule has 0 amide bonds. The van der Waals surface area contributed by atoms with E-state index in [2.05, 4.69) is 0 Å². The van der Waals surface area contributed by atoms with Gasteiger partial charge in [0.2, 0.25) is 10.0 Å². The van der Waals surface area contributed by atoms with Crippen molar-refractivity contribution in [2.45, 2.75) is 32.2 Å². The molecule has 0 aliphatic rings. The second-order valence-corrected chi connectivity index (χ2v) is 7.91. The van der Waals surface area contributed by atoms with E-state index in [1.165, 1.54) is 11.4 Å². The zero-order valence-corrected chi connectivity index (χ0v) is 17.3. The van der Waals surface area contributed by atoms with Crippen molar-refractivity contribution in [3.8, 4) is 17.2 Å². The van der Waals surface area contributed by atoms with Gasteiger partial charge in [0.1, 0.15) is 10.6 Å². The molecule has 27 heavy (non-hydrogen) atoms. The zero-order valence-electron chi connectivity index (χ0n) is 16.5. The molecule has 0 aromatic heterocycles. The molecule has 0 N–H and O–H groups in total. The molecule has 0 spiro atoms. The Hall–Kier alpha value is -2.25. The number of sulfonamides is 1. The molecule has 148 valence electrons. The molecule has 7 heteroatoms. The molecular weight excluding hydrogens is 366 g/mol. The lowest BCUT2D eigenvalue weighted by Crippen LogP contribution is -2.30. The maximum atomic E-state index is 13.2. The van der Waals surface area contributed by atoms with E-state index >= 15 is 0 Å². The fraction of sp³-hybridized carbons (Fsp3) is 0.400. The van der Waals surface area contributed by atoms with Gasteiger partial charge in [-0.25, -0.2) is 8.42 Å². The summed E-state index contributed by atoms with van der Waals surface area (Å²) in [4.78, 5) is 0.171. The molecule has 0 bridgehead atoms. The van der Waals surface area contributed by atoms with Gasteiger partial charge in [-0.3, -0.25) is 0 Å². The lowest BCUT2D eigenvalue weighted by atomic mass is 10.2. The van der Waals surface area contributed by atoms with Crippen molar-refractivity contribution in [2.75, 3.05) is 27.4 Å². The largest absolute Gasteiger partial charge is 0.495 e. The van der Waals surface area contributed by atoms with E-state index in [1.807, 2.05) is 32.9 Å². The molecule has 0 saturated heterocycles. The van der Waals surface area contributed by atoms with Crippen LogP contribution in [0.25, 0.3) is 0 Å². The van der Waals surface area contributed by atoms with Gasteiger partial charge in [-0.15, -0.1) is 0 Å². The minimum atomic E-state index is -3.72. The van der Waals surface area contributed by atoms with Crippen molar-refractivity contribution < 1.29 is 22.6 Å². The Bertz CT molecular complexity index is 880. The highest BCUT2D eigenvalue weighted by Gasteiger charge is 2.27. The summed E-state index contributed by atoms with van der Waals surface area (Å²) in [5, 5.41) is 0. The van der Waals surface area contributed by atoms with Crippen molar-refractivity contribution in [1.82, 2.24) is 4.31 Å². The molecule has 0 fully saturated rings. The minimum Gasteiger partial charge on any atom is -0.495 e. The number of methoxy groups -OCH3 is 2. The second-order valence-electron chi connectivity index (χ2n) is 6.00. The number of aryl methyl sites for hydroxylation is 1. The van der Waals surface area contributed by atoms with Gasteiger partial charge in [0.05, 0.1) is 20.8 Å². The van der Waals surface area contributed by atoms with Crippen molar-refractivity contribution in [1.29, 1.82) is 0 Å². The Balaban J connectivity index is 2.38. The van der Waals surface area contributed by atoms with Gasteiger partial charge in [0, 0.05) is 13.1 Å². The highest BCUT2D eigenvalue weighted by molar-refractivity contribution is 7.89. The molecule has 2 rings (SSSR count). The van der Waals surface area contributed by atoms with E-state index in [9.17, 15) is 8.42 Å². The SMILES string of the molecule is CCOc1ccc(CN(CC)S(=O)(=O)c2cc(C)ccc2OC)cc1OC. The minimum absolute atomic E-state index is 0.171. The molecule has 0 atom stereocenters. The maximum Gasteiger partial charge on any atom is 0.247 e. The number of benzene rings is 2. The highest BCUT2D eigenvalue weighted by Crippen LogP contribution is 2.31. The lowest BCUT2D eigenvalue weighted by molar-refractivity contribution is 0.310. The van der Waals surface area contributed by atoms with Crippen LogP contribution in [-0.2, 0) is 16.6 Å². The van der Waals surface area contributed by atoms with Crippen LogP contribution in [0.2, 0.25) is 0 Å². The summed E-state index contributed by atoms with van der Waals surface area (Å²) >= 11 is 0. The topological polar surface area (TPSA) is 65.1 Å². The van der Waals surface area contributed by atoms with Crippen LogP contribution < -0.4 is 14.2 Å². The highest BCUT2D eigenvalue weighted by atomic mass is 32.2. The summed E-state index contributed by atoms with van der Waals surface area (Å²) in [6, 6.07) is 10.6. The third-order valence-corrected chi connectivity index (χ3v) is 6.12. The van der Waals surface area contributed by atoms with Crippen LogP contribution >= 0.6 is 0 Å². The van der Waals surface area contributed by atoms with Crippen molar-refractivity contribution in [3.05, 3.63) is 47.5 Å². The molecule has 0 radical (unpaired) electrons. The fourth-order valence-corrected chi connectivity index (χ4v) is 4.46. The number of hydrogen-bond donors (Lipinski definition) is 0. The fourth-order valence-electron chi connectivity index (χ4n) is 2.78. The molecule has 0 heterocycles. The van der Waals surface area contributed by atoms with Crippen LogP contribution in [0, 0.1) is 6.92 Å². The van der Waals surface area contributed by atoms with Gasteiger partial charge >= 0.3 is 0 Å². The first-order chi connectivity index (χ1) is 12.9. The first-order valence-corrected chi connectivity index (χ1v) is 10.3. The summed E-state index contributed by atoms with van der Waals surface area (Å²) in [5.74, 6) is 1.55. The van der Waals surface area contributed by atoms with Crippen LogP contribution in [0.15, 0.2) is 41.3 Å². The summed E-state index contributed by atoms with van der Waals surface area (Å²) in [6.07, 6.45) is 0. The van der Waals surface area contributed by atoms with Gasteiger partial charge in [-0.1, -0.05) is 19.1 Å². The second kappa shape index (κ2) is 9.10. The van der Waals surface area contributed by atoms with E-state index in [-0.39, 0.29) is 11.4 Å². The third-order valence-electron chi connectivity index (χ3n) is 4.18. The Kier molecular flexibility index (Phi) is 7.10. The first-order valence-electron chi connectivity index (χ1n) is 8.81. The summed E-state index contributed by atoms with van der Waals surface area (Å²) in [7, 11) is -0.686. The van der Waals surface area contributed by atoms with Gasteiger partial charge in [0.15, 0.2) is 11.5 Å². The normalized spacial score (nSPS) is 11.5. The quantitative estimate of drug-likeness (QED) is 0.651. The van der Waals surface area contributed by atoms with Crippen molar-refractivity contribution in [3.63, 3.8) is 0 Å². The predicted octanol–water partition coefficient (Wildman–Crippen LogP) is 3.62. The summed E-state index contributed by atoms with van der Waals surface area (Å²) in [6.45, 7) is 6.64. The Morgan fingerprint density at radius 3 is 2.19 bits per heavy atom. The van der Waals surface area contributed by atoms with E-state index in [0.29, 0.717) is 30.4 Å². The van der Waals surface area contributed by atoms with Gasteiger partial charge in [-0.05, 0) is 49.2 Å². The van der Waals surface area contributed by atoms with Crippen LogP contribution in [0.5, 0.6) is 17.2 Å². The lowest BCUT2D eigenvalue weighted by Gasteiger charge is -2.22. The smallest absolute Gasteiger partial charge is 0.247 e. The molecule has 0 aliphatic heterocycles. The molecular formula is C20H27NO5S. The molecule has 2 aromatic carbocycles. The average Bonchev–Trinajstić information content (AvgIpc) is 2.66. The van der Waals surface area contributed by atoms with Gasteiger partial charge in [0.25, 0.3) is 0 Å². The maximum absolute atomic E-state index is 13.2. The van der Waals surface area contributed by atoms with Crippen LogP contribution in [0.3, 0.4) is 0 Å². The van der Waals surface area contributed by atoms with Crippen molar-refractivity contribution in [2.24, 2.45) is 0 Å². The van der Waals surface area contributed by atoms with Gasteiger partial charge in [-0.2, -0.15) is 4.31 Å². The molecule has 6 nitrogen and oxygen atoms in total. The summed E-state index contributed by atoms with van der Waals surface area (Å²) in [5.41, 5.74) is 1.67. The van der Waals surface area contributed by atoms with Crippen LogP contribution in [0.4, 0.5) is 0 Å². The third kappa shape index (κ3) is 4.73. The van der Waals surface area contributed by atoms with E-state index in [4.69, 9.17) is 14.2 Å². The molecule has 2 aromatic rings. The Morgan fingerprint density at radius 2 is 1.59 bits per heavy atom.